The molecule has 1 fully saturated rings. The van der Waals surface area contributed by atoms with Crippen LogP contribution in [0.15, 0.2) is 18.2 Å². The summed E-state index contributed by atoms with van der Waals surface area (Å²) in [5, 5.41) is 10.5. The van der Waals surface area contributed by atoms with E-state index in [4.69, 9.17) is 28.3 Å². The Morgan fingerprint density at radius 1 is 1.00 bits per heavy atom. The molecule has 0 amide bonds. The number of rotatable bonds is 4. The fourth-order valence-corrected chi connectivity index (χ4v) is 2.97. The average molecular weight is 303 g/mol. The first-order chi connectivity index (χ1) is 9.20. The lowest BCUT2D eigenvalue weighted by atomic mass is 10.2. The molecule has 0 aromatic heterocycles. The predicted molar refractivity (Wildman–Crippen MR) is 79.9 cm³/mol. The minimum atomic E-state index is 0.232. The highest BCUT2D eigenvalue weighted by Gasteiger charge is 2.16. The first-order valence-corrected chi connectivity index (χ1v) is 7.45. The van der Waals surface area contributed by atoms with Crippen LogP contribution in [0.4, 0.5) is 0 Å². The second kappa shape index (κ2) is 7.46. The zero-order valence-corrected chi connectivity index (χ0v) is 12.5. The SMILES string of the molecule is OCCN1CCCN(Cc2c(Cl)cccc2Cl)CC1. The van der Waals surface area contributed by atoms with Crippen molar-refractivity contribution in [3.63, 3.8) is 0 Å². The number of hydrogen-bond acceptors (Lipinski definition) is 3. The Kier molecular flexibility index (Phi) is 5.92. The van der Waals surface area contributed by atoms with Crippen LogP contribution in [0.25, 0.3) is 0 Å². The van der Waals surface area contributed by atoms with Gasteiger partial charge in [-0.15, -0.1) is 0 Å². The molecule has 19 heavy (non-hydrogen) atoms. The van der Waals surface area contributed by atoms with E-state index in [1.165, 1.54) is 0 Å². The summed E-state index contributed by atoms with van der Waals surface area (Å²) in [5.74, 6) is 0. The third-order valence-corrected chi connectivity index (χ3v) is 4.25. The van der Waals surface area contributed by atoms with Crippen molar-refractivity contribution < 1.29 is 5.11 Å². The quantitative estimate of drug-likeness (QED) is 0.926. The van der Waals surface area contributed by atoms with Crippen molar-refractivity contribution in [2.75, 3.05) is 39.3 Å². The number of aliphatic hydroxyl groups is 1. The fraction of sp³-hybridized carbons (Fsp3) is 0.571. The van der Waals surface area contributed by atoms with Gasteiger partial charge in [-0.3, -0.25) is 9.80 Å². The van der Waals surface area contributed by atoms with Gasteiger partial charge in [-0.05, 0) is 31.6 Å². The maximum absolute atomic E-state index is 8.99. The van der Waals surface area contributed by atoms with Crippen molar-refractivity contribution in [3.05, 3.63) is 33.8 Å². The van der Waals surface area contributed by atoms with Crippen molar-refractivity contribution in [3.8, 4) is 0 Å². The number of β-amino-alcohol motifs (C(OH)–C–C–N with tert-alkyl or cyclic N) is 1. The summed E-state index contributed by atoms with van der Waals surface area (Å²) >= 11 is 12.4. The van der Waals surface area contributed by atoms with Gasteiger partial charge in [-0.25, -0.2) is 0 Å². The van der Waals surface area contributed by atoms with E-state index in [9.17, 15) is 0 Å². The van der Waals surface area contributed by atoms with E-state index in [0.29, 0.717) is 0 Å². The van der Waals surface area contributed by atoms with E-state index in [0.717, 1.165) is 61.3 Å². The van der Waals surface area contributed by atoms with Gasteiger partial charge in [0.15, 0.2) is 0 Å². The van der Waals surface area contributed by atoms with E-state index >= 15 is 0 Å². The van der Waals surface area contributed by atoms with Crippen LogP contribution in [0.3, 0.4) is 0 Å². The minimum absolute atomic E-state index is 0.232. The van der Waals surface area contributed by atoms with Gasteiger partial charge in [0, 0.05) is 41.8 Å². The molecule has 1 aliphatic heterocycles. The lowest BCUT2D eigenvalue weighted by molar-refractivity contribution is 0.196. The average Bonchev–Trinajstić information content (AvgIpc) is 2.60. The number of benzene rings is 1. The molecular weight excluding hydrogens is 283 g/mol. The molecule has 1 N–H and O–H groups in total. The molecule has 106 valence electrons. The first-order valence-electron chi connectivity index (χ1n) is 6.69. The summed E-state index contributed by atoms with van der Waals surface area (Å²) in [6, 6.07) is 5.65. The molecule has 1 aromatic rings. The molecule has 0 spiro atoms. The van der Waals surface area contributed by atoms with Crippen LogP contribution >= 0.6 is 23.2 Å². The van der Waals surface area contributed by atoms with Crippen LogP contribution in [-0.4, -0.2) is 54.2 Å². The Morgan fingerprint density at radius 3 is 2.32 bits per heavy atom. The van der Waals surface area contributed by atoms with Gasteiger partial charge in [0.2, 0.25) is 0 Å². The molecule has 0 bridgehead atoms. The molecule has 0 atom stereocenters. The Morgan fingerprint density at radius 2 is 1.63 bits per heavy atom. The van der Waals surface area contributed by atoms with Crippen LogP contribution in [0.2, 0.25) is 10.0 Å². The molecule has 2 rings (SSSR count). The summed E-state index contributed by atoms with van der Waals surface area (Å²) in [6.07, 6.45) is 1.11. The molecule has 0 aliphatic carbocycles. The fourth-order valence-electron chi connectivity index (χ4n) is 2.45. The van der Waals surface area contributed by atoms with Crippen molar-refractivity contribution in [2.45, 2.75) is 13.0 Å². The maximum Gasteiger partial charge on any atom is 0.0558 e. The van der Waals surface area contributed by atoms with Crippen molar-refractivity contribution in [2.24, 2.45) is 0 Å². The summed E-state index contributed by atoms with van der Waals surface area (Å²) in [5.41, 5.74) is 1.02. The zero-order valence-electron chi connectivity index (χ0n) is 11.0. The molecule has 0 unspecified atom stereocenters. The number of aliphatic hydroxyl groups excluding tert-OH is 1. The lowest BCUT2D eigenvalue weighted by Crippen LogP contribution is -2.32. The molecular formula is C14H20Cl2N2O. The molecule has 1 heterocycles. The highest BCUT2D eigenvalue weighted by Crippen LogP contribution is 2.26. The first kappa shape index (κ1) is 15.1. The Bertz CT molecular complexity index is 394. The van der Waals surface area contributed by atoms with Gasteiger partial charge in [-0.1, -0.05) is 29.3 Å². The summed E-state index contributed by atoms with van der Waals surface area (Å²) < 4.78 is 0. The molecule has 1 saturated heterocycles. The highest BCUT2D eigenvalue weighted by molar-refractivity contribution is 6.35. The van der Waals surface area contributed by atoms with E-state index in [1.54, 1.807) is 0 Å². The van der Waals surface area contributed by atoms with E-state index in [1.807, 2.05) is 18.2 Å². The van der Waals surface area contributed by atoms with Gasteiger partial charge in [-0.2, -0.15) is 0 Å². The summed E-state index contributed by atoms with van der Waals surface area (Å²) in [4.78, 5) is 4.68. The Hall–Kier alpha value is -0.320. The van der Waals surface area contributed by atoms with Crippen LogP contribution in [0.5, 0.6) is 0 Å². The van der Waals surface area contributed by atoms with Crippen molar-refractivity contribution in [1.82, 2.24) is 9.80 Å². The summed E-state index contributed by atoms with van der Waals surface area (Å²) in [7, 11) is 0. The maximum atomic E-state index is 8.99. The van der Waals surface area contributed by atoms with Crippen molar-refractivity contribution in [1.29, 1.82) is 0 Å². The molecule has 1 aliphatic rings. The number of nitrogens with zero attached hydrogens (tertiary/aromatic N) is 2. The smallest absolute Gasteiger partial charge is 0.0558 e. The number of halogens is 2. The van der Waals surface area contributed by atoms with Gasteiger partial charge >= 0.3 is 0 Å². The van der Waals surface area contributed by atoms with Gasteiger partial charge in [0.05, 0.1) is 6.61 Å². The standard InChI is InChI=1S/C14H20Cl2N2O/c15-13-3-1-4-14(16)12(13)11-18-6-2-5-17(7-8-18)9-10-19/h1,3-4,19H,2,5-11H2. The normalized spacial score (nSPS) is 18.5. The Balaban J connectivity index is 1.96. The van der Waals surface area contributed by atoms with Crippen LogP contribution in [-0.2, 0) is 6.54 Å². The van der Waals surface area contributed by atoms with E-state index in [2.05, 4.69) is 9.80 Å². The number of hydrogen-bond donors (Lipinski definition) is 1. The largest absolute Gasteiger partial charge is 0.395 e. The third-order valence-electron chi connectivity index (χ3n) is 3.54. The monoisotopic (exact) mass is 302 g/mol. The predicted octanol–water partition coefficient (Wildman–Crippen LogP) is 2.49. The second-order valence-electron chi connectivity index (χ2n) is 4.90. The van der Waals surface area contributed by atoms with Gasteiger partial charge < -0.3 is 5.11 Å². The van der Waals surface area contributed by atoms with E-state index < -0.39 is 0 Å². The van der Waals surface area contributed by atoms with Crippen LogP contribution in [0, 0.1) is 0 Å². The Labute approximate surface area is 124 Å². The van der Waals surface area contributed by atoms with Crippen LogP contribution < -0.4 is 0 Å². The van der Waals surface area contributed by atoms with Crippen LogP contribution in [0.1, 0.15) is 12.0 Å². The topological polar surface area (TPSA) is 26.7 Å². The second-order valence-corrected chi connectivity index (χ2v) is 5.71. The van der Waals surface area contributed by atoms with E-state index in [-0.39, 0.29) is 6.61 Å². The molecule has 3 nitrogen and oxygen atoms in total. The minimum Gasteiger partial charge on any atom is -0.395 e. The zero-order chi connectivity index (χ0) is 13.7. The highest BCUT2D eigenvalue weighted by atomic mass is 35.5. The molecule has 0 radical (unpaired) electrons. The molecule has 1 aromatic carbocycles. The van der Waals surface area contributed by atoms with Gasteiger partial charge in [0.25, 0.3) is 0 Å². The molecule has 0 saturated carbocycles. The third kappa shape index (κ3) is 4.33. The van der Waals surface area contributed by atoms with Crippen molar-refractivity contribution >= 4 is 23.2 Å². The molecule has 5 heteroatoms. The summed E-state index contributed by atoms with van der Waals surface area (Å²) in [6.45, 7) is 5.86. The lowest BCUT2D eigenvalue weighted by Gasteiger charge is -2.22. The van der Waals surface area contributed by atoms with Gasteiger partial charge in [0.1, 0.15) is 0 Å².